The van der Waals surface area contributed by atoms with E-state index in [1.807, 2.05) is 30.3 Å². The Morgan fingerprint density at radius 1 is 1.27 bits per heavy atom. The van der Waals surface area contributed by atoms with Gasteiger partial charge in [0.1, 0.15) is 5.15 Å². The van der Waals surface area contributed by atoms with Crippen LogP contribution in [0.3, 0.4) is 0 Å². The molecule has 3 aromatic rings. The predicted octanol–water partition coefficient (Wildman–Crippen LogP) is 2.65. The molecule has 0 spiro atoms. The van der Waals surface area contributed by atoms with E-state index in [1.165, 1.54) is 13.3 Å². The average Bonchev–Trinajstić information content (AvgIpc) is 3.36. The highest BCUT2D eigenvalue weighted by atomic mass is 35.5. The molecule has 8 nitrogen and oxygen atoms in total. The fraction of sp³-hybridized carbons (Fsp3) is 0.238. The molecule has 0 aliphatic carbocycles. The van der Waals surface area contributed by atoms with Gasteiger partial charge in [-0.2, -0.15) is 0 Å². The largest absolute Gasteiger partial charge is 0.466 e. The zero-order valence-corrected chi connectivity index (χ0v) is 16.9. The Hall–Kier alpha value is -3.39. The minimum atomic E-state index is -1.24. The van der Waals surface area contributed by atoms with Crippen LogP contribution in [0.1, 0.15) is 22.3 Å². The van der Waals surface area contributed by atoms with Crippen molar-refractivity contribution in [2.75, 3.05) is 13.7 Å². The molecule has 154 valence electrons. The number of esters is 1. The van der Waals surface area contributed by atoms with E-state index in [4.69, 9.17) is 21.2 Å². The molecule has 30 heavy (non-hydrogen) atoms. The van der Waals surface area contributed by atoms with Crippen molar-refractivity contribution in [1.29, 1.82) is 0 Å². The number of amides is 1. The first kappa shape index (κ1) is 19.9. The zero-order valence-electron chi connectivity index (χ0n) is 16.2. The van der Waals surface area contributed by atoms with Crippen LogP contribution in [0.4, 0.5) is 0 Å². The van der Waals surface area contributed by atoms with Crippen LogP contribution in [0, 0.1) is 0 Å². The second-order valence-corrected chi connectivity index (χ2v) is 7.34. The number of pyridine rings is 1. The standard InChI is InChI=1S/C21H19ClN4O4/c1-29-20(28)21(10-14-6-3-2-4-7-14)11-15(25-30-21)12-24-19(27)16-8-5-9-26-17(22)13-23-18(16)26/h2-9,13H,10-12H2,1H3,(H,24,27). The summed E-state index contributed by atoms with van der Waals surface area (Å²) in [6, 6.07) is 12.9. The van der Waals surface area contributed by atoms with Crippen molar-refractivity contribution in [2.45, 2.75) is 18.4 Å². The fourth-order valence-electron chi connectivity index (χ4n) is 3.46. The van der Waals surface area contributed by atoms with E-state index in [9.17, 15) is 9.59 Å². The third-order valence-corrected chi connectivity index (χ3v) is 5.20. The zero-order chi connectivity index (χ0) is 21.1. The fourth-order valence-corrected chi connectivity index (χ4v) is 3.65. The van der Waals surface area contributed by atoms with Crippen LogP contribution >= 0.6 is 11.6 Å². The summed E-state index contributed by atoms with van der Waals surface area (Å²) in [5.74, 6) is -0.836. The quantitative estimate of drug-likeness (QED) is 0.611. The van der Waals surface area contributed by atoms with Crippen molar-refractivity contribution in [3.05, 3.63) is 71.1 Å². The Morgan fingerprint density at radius 3 is 2.83 bits per heavy atom. The Balaban J connectivity index is 1.45. The van der Waals surface area contributed by atoms with Gasteiger partial charge in [-0.25, -0.2) is 9.78 Å². The first-order valence-corrected chi connectivity index (χ1v) is 9.66. The van der Waals surface area contributed by atoms with Crippen LogP contribution in [0.25, 0.3) is 5.65 Å². The number of nitrogens with one attached hydrogen (secondary N) is 1. The number of carbonyl (C=O) groups excluding carboxylic acids is 2. The Labute approximate surface area is 177 Å². The Bertz CT molecular complexity index is 1130. The molecular weight excluding hydrogens is 408 g/mol. The van der Waals surface area contributed by atoms with E-state index in [-0.39, 0.29) is 18.9 Å². The molecule has 1 atom stereocenters. The van der Waals surface area contributed by atoms with Gasteiger partial charge in [-0.05, 0) is 17.7 Å². The summed E-state index contributed by atoms with van der Waals surface area (Å²) in [6.45, 7) is 0.127. The third-order valence-electron chi connectivity index (χ3n) is 4.92. The maximum Gasteiger partial charge on any atom is 0.353 e. The molecule has 0 fully saturated rings. The van der Waals surface area contributed by atoms with Gasteiger partial charge in [-0.1, -0.05) is 47.1 Å². The van der Waals surface area contributed by atoms with Gasteiger partial charge in [-0.15, -0.1) is 0 Å². The summed E-state index contributed by atoms with van der Waals surface area (Å²) in [5.41, 5.74) is 1.06. The predicted molar refractivity (Wildman–Crippen MR) is 111 cm³/mol. The number of oxime groups is 1. The maximum atomic E-state index is 12.7. The van der Waals surface area contributed by atoms with Crippen LogP contribution in [-0.2, 0) is 20.8 Å². The summed E-state index contributed by atoms with van der Waals surface area (Å²) in [5, 5.41) is 7.26. The van der Waals surface area contributed by atoms with Crippen molar-refractivity contribution >= 4 is 34.8 Å². The highest BCUT2D eigenvalue weighted by molar-refractivity contribution is 6.29. The number of ether oxygens (including phenoxy) is 1. The number of rotatable bonds is 6. The molecule has 0 radical (unpaired) electrons. The van der Waals surface area contributed by atoms with Crippen molar-refractivity contribution in [3.63, 3.8) is 0 Å². The lowest BCUT2D eigenvalue weighted by Crippen LogP contribution is -2.43. The number of imidazole rings is 1. The Kier molecular flexibility index (Phi) is 5.41. The molecule has 3 heterocycles. The maximum absolute atomic E-state index is 12.7. The van der Waals surface area contributed by atoms with Crippen molar-refractivity contribution in [1.82, 2.24) is 14.7 Å². The van der Waals surface area contributed by atoms with Gasteiger partial charge in [0.25, 0.3) is 5.91 Å². The van der Waals surface area contributed by atoms with Crippen LogP contribution in [0.5, 0.6) is 0 Å². The normalized spacial score (nSPS) is 18.0. The topological polar surface area (TPSA) is 94.3 Å². The number of methoxy groups -OCH3 is 1. The number of fused-ring (bicyclic) bond motifs is 1. The highest BCUT2D eigenvalue weighted by Crippen LogP contribution is 2.29. The van der Waals surface area contributed by atoms with E-state index < -0.39 is 11.6 Å². The van der Waals surface area contributed by atoms with Gasteiger partial charge >= 0.3 is 5.97 Å². The molecule has 0 bridgehead atoms. The number of benzene rings is 1. The van der Waals surface area contributed by atoms with Crippen LogP contribution < -0.4 is 5.32 Å². The van der Waals surface area contributed by atoms with E-state index in [0.29, 0.717) is 28.5 Å². The molecule has 1 N–H and O–H groups in total. The SMILES string of the molecule is COC(=O)C1(Cc2ccccc2)CC(CNC(=O)c2cccn3c(Cl)cnc23)=NO1. The summed E-state index contributed by atoms with van der Waals surface area (Å²) < 4.78 is 6.58. The first-order valence-electron chi connectivity index (χ1n) is 9.28. The molecule has 1 amide bonds. The van der Waals surface area contributed by atoms with Crippen molar-refractivity contribution in [3.8, 4) is 0 Å². The van der Waals surface area contributed by atoms with Gasteiger partial charge in [0, 0.05) is 19.0 Å². The van der Waals surface area contributed by atoms with Crippen molar-refractivity contribution < 1.29 is 19.2 Å². The van der Waals surface area contributed by atoms with Crippen LogP contribution in [0.15, 0.2) is 60.0 Å². The molecule has 1 unspecified atom stereocenters. The molecule has 2 aromatic heterocycles. The van der Waals surface area contributed by atoms with E-state index in [2.05, 4.69) is 15.5 Å². The second-order valence-electron chi connectivity index (χ2n) is 6.95. The minimum Gasteiger partial charge on any atom is -0.466 e. The smallest absolute Gasteiger partial charge is 0.353 e. The molecule has 1 aliphatic rings. The van der Waals surface area contributed by atoms with Crippen LogP contribution in [0.2, 0.25) is 5.15 Å². The van der Waals surface area contributed by atoms with Crippen LogP contribution in [-0.4, -0.2) is 46.2 Å². The molecule has 0 saturated carbocycles. The average molecular weight is 427 g/mol. The van der Waals surface area contributed by atoms with Gasteiger partial charge in [-0.3, -0.25) is 9.20 Å². The van der Waals surface area contributed by atoms with Crippen molar-refractivity contribution in [2.24, 2.45) is 5.16 Å². The van der Waals surface area contributed by atoms with Gasteiger partial charge in [0.15, 0.2) is 5.65 Å². The van der Waals surface area contributed by atoms with E-state index in [0.717, 1.165) is 5.56 Å². The number of aromatic nitrogens is 2. The summed E-state index contributed by atoms with van der Waals surface area (Å²) in [7, 11) is 1.31. The molecular formula is C21H19ClN4O4. The monoisotopic (exact) mass is 426 g/mol. The van der Waals surface area contributed by atoms with Gasteiger partial charge in [0.05, 0.1) is 31.1 Å². The number of hydrogen-bond acceptors (Lipinski definition) is 6. The van der Waals surface area contributed by atoms with Gasteiger partial charge in [0.2, 0.25) is 5.60 Å². The lowest BCUT2D eigenvalue weighted by Gasteiger charge is -2.23. The molecule has 0 saturated heterocycles. The number of carbonyl (C=O) groups is 2. The van der Waals surface area contributed by atoms with E-state index >= 15 is 0 Å². The van der Waals surface area contributed by atoms with Gasteiger partial charge < -0.3 is 14.9 Å². The summed E-state index contributed by atoms with van der Waals surface area (Å²) >= 11 is 6.06. The molecule has 1 aliphatic heterocycles. The molecule has 1 aromatic carbocycles. The number of halogens is 1. The number of nitrogens with zero attached hydrogens (tertiary/aromatic N) is 3. The Morgan fingerprint density at radius 2 is 2.07 bits per heavy atom. The summed E-state index contributed by atoms with van der Waals surface area (Å²) in [4.78, 5) is 34.9. The highest BCUT2D eigenvalue weighted by Gasteiger charge is 2.47. The summed E-state index contributed by atoms with van der Waals surface area (Å²) in [6.07, 6.45) is 3.74. The lowest BCUT2D eigenvalue weighted by atomic mass is 9.89. The molecule has 4 rings (SSSR count). The first-order chi connectivity index (χ1) is 14.5. The second kappa shape index (κ2) is 8.16. The molecule has 9 heteroatoms. The van der Waals surface area contributed by atoms with E-state index in [1.54, 1.807) is 22.7 Å². The minimum absolute atomic E-state index is 0.127. The third kappa shape index (κ3) is 3.73. The number of hydrogen-bond donors (Lipinski definition) is 1. The lowest BCUT2D eigenvalue weighted by molar-refractivity contribution is -0.166.